The Labute approximate surface area is 120 Å². The molecule has 3 rings (SSSR count). The molecule has 2 unspecified atom stereocenters. The maximum Gasteiger partial charge on any atom is 0.237 e. The van der Waals surface area contributed by atoms with Crippen molar-refractivity contribution in [1.29, 1.82) is 0 Å². The number of anilines is 2. The first-order valence-corrected chi connectivity index (χ1v) is 7.21. The highest BCUT2D eigenvalue weighted by molar-refractivity contribution is 9.10. The molecule has 0 aromatic heterocycles. The second kappa shape index (κ2) is 4.34. The molecule has 2 aliphatic rings. The van der Waals surface area contributed by atoms with Gasteiger partial charge in [-0.3, -0.25) is 9.59 Å². The Morgan fingerprint density at radius 2 is 1.79 bits per heavy atom. The highest BCUT2D eigenvalue weighted by Crippen LogP contribution is 2.45. The molecule has 100 valence electrons. The van der Waals surface area contributed by atoms with E-state index in [0.29, 0.717) is 17.3 Å². The second-order valence-electron chi connectivity index (χ2n) is 5.50. The van der Waals surface area contributed by atoms with E-state index < -0.39 is 0 Å². The molecule has 2 atom stereocenters. The summed E-state index contributed by atoms with van der Waals surface area (Å²) in [5, 5.41) is 0. The SMILES string of the molecule is CC1CC2C(=O)N(c3ccc(Br)cc3N)C(=O)C2C1. The maximum absolute atomic E-state index is 12.4. The summed E-state index contributed by atoms with van der Waals surface area (Å²) in [5.74, 6) is -0.0230. The minimum absolute atomic E-state index is 0.0895. The van der Waals surface area contributed by atoms with Crippen LogP contribution < -0.4 is 10.6 Å². The van der Waals surface area contributed by atoms with Gasteiger partial charge in [-0.15, -0.1) is 0 Å². The molecule has 4 nitrogen and oxygen atoms in total. The zero-order chi connectivity index (χ0) is 13.7. The van der Waals surface area contributed by atoms with E-state index in [1.54, 1.807) is 18.2 Å². The zero-order valence-corrected chi connectivity index (χ0v) is 12.2. The molecule has 1 saturated heterocycles. The maximum atomic E-state index is 12.4. The fourth-order valence-corrected chi connectivity index (χ4v) is 3.62. The molecule has 2 N–H and O–H groups in total. The molecular formula is C14H15BrN2O2. The number of fused-ring (bicyclic) bond motifs is 1. The molecule has 1 aliphatic carbocycles. The predicted molar refractivity (Wildman–Crippen MR) is 76.4 cm³/mol. The van der Waals surface area contributed by atoms with Gasteiger partial charge in [-0.2, -0.15) is 0 Å². The van der Waals surface area contributed by atoms with Crippen LogP contribution in [0.2, 0.25) is 0 Å². The largest absolute Gasteiger partial charge is 0.397 e. The Bertz CT molecular complexity index is 549. The van der Waals surface area contributed by atoms with Crippen LogP contribution in [-0.2, 0) is 9.59 Å². The normalized spacial score (nSPS) is 30.0. The van der Waals surface area contributed by atoms with Gasteiger partial charge in [-0.1, -0.05) is 22.9 Å². The van der Waals surface area contributed by atoms with Gasteiger partial charge in [0.05, 0.1) is 23.2 Å². The van der Waals surface area contributed by atoms with Crippen LogP contribution in [0, 0.1) is 17.8 Å². The van der Waals surface area contributed by atoms with E-state index >= 15 is 0 Å². The van der Waals surface area contributed by atoms with Gasteiger partial charge in [0.25, 0.3) is 0 Å². The summed E-state index contributed by atoms with van der Waals surface area (Å²) in [6.45, 7) is 2.09. The molecule has 2 fully saturated rings. The van der Waals surface area contributed by atoms with Crippen molar-refractivity contribution in [2.45, 2.75) is 19.8 Å². The number of carbonyl (C=O) groups is 2. The van der Waals surface area contributed by atoms with Crippen molar-refractivity contribution < 1.29 is 9.59 Å². The lowest BCUT2D eigenvalue weighted by Crippen LogP contribution is -2.32. The van der Waals surface area contributed by atoms with Crippen LogP contribution in [-0.4, -0.2) is 11.8 Å². The van der Waals surface area contributed by atoms with Gasteiger partial charge in [0.2, 0.25) is 11.8 Å². The van der Waals surface area contributed by atoms with E-state index in [2.05, 4.69) is 22.9 Å². The number of nitrogens with two attached hydrogens (primary N) is 1. The van der Waals surface area contributed by atoms with Crippen LogP contribution in [0.5, 0.6) is 0 Å². The smallest absolute Gasteiger partial charge is 0.237 e. The van der Waals surface area contributed by atoms with E-state index in [4.69, 9.17) is 5.73 Å². The quantitative estimate of drug-likeness (QED) is 0.638. The third-order valence-electron chi connectivity index (χ3n) is 4.10. The standard InChI is InChI=1S/C14H15BrN2O2/c1-7-4-9-10(5-7)14(19)17(13(9)18)12-3-2-8(15)6-11(12)16/h2-3,6-7,9-10H,4-5,16H2,1H3. The average Bonchev–Trinajstić information content (AvgIpc) is 2.82. The number of carbonyl (C=O) groups excluding carboxylic acids is 2. The van der Waals surface area contributed by atoms with E-state index in [9.17, 15) is 9.59 Å². The van der Waals surface area contributed by atoms with Crippen molar-refractivity contribution in [3.63, 3.8) is 0 Å². The van der Waals surface area contributed by atoms with Gasteiger partial charge >= 0.3 is 0 Å². The topological polar surface area (TPSA) is 63.4 Å². The molecule has 1 heterocycles. The average molecular weight is 323 g/mol. The third kappa shape index (κ3) is 1.87. The summed E-state index contributed by atoms with van der Waals surface area (Å²) in [5.41, 5.74) is 6.89. The van der Waals surface area contributed by atoms with Crippen molar-refractivity contribution in [1.82, 2.24) is 0 Å². The van der Waals surface area contributed by atoms with Crippen molar-refractivity contribution in [3.8, 4) is 0 Å². The fraction of sp³-hybridized carbons (Fsp3) is 0.429. The monoisotopic (exact) mass is 322 g/mol. The summed E-state index contributed by atoms with van der Waals surface area (Å²) in [6, 6.07) is 5.23. The van der Waals surface area contributed by atoms with Crippen molar-refractivity contribution in [2.75, 3.05) is 10.6 Å². The Hall–Kier alpha value is -1.36. The van der Waals surface area contributed by atoms with Gasteiger partial charge < -0.3 is 5.73 Å². The van der Waals surface area contributed by atoms with Crippen LogP contribution in [0.1, 0.15) is 19.8 Å². The number of hydrogen-bond acceptors (Lipinski definition) is 3. The number of rotatable bonds is 1. The van der Waals surface area contributed by atoms with E-state index in [-0.39, 0.29) is 23.7 Å². The second-order valence-corrected chi connectivity index (χ2v) is 6.42. The number of nitrogens with zero attached hydrogens (tertiary/aromatic N) is 1. The third-order valence-corrected chi connectivity index (χ3v) is 4.60. The number of imide groups is 1. The van der Waals surface area contributed by atoms with Crippen molar-refractivity contribution in [3.05, 3.63) is 22.7 Å². The van der Waals surface area contributed by atoms with E-state index in [0.717, 1.165) is 17.3 Å². The van der Waals surface area contributed by atoms with Crippen molar-refractivity contribution in [2.24, 2.45) is 17.8 Å². The van der Waals surface area contributed by atoms with Crippen LogP contribution >= 0.6 is 15.9 Å². The molecule has 1 aliphatic heterocycles. The van der Waals surface area contributed by atoms with Gasteiger partial charge in [0.15, 0.2) is 0 Å². The summed E-state index contributed by atoms with van der Waals surface area (Å²) < 4.78 is 0.835. The van der Waals surface area contributed by atoms with Gasteiger partial charge in [0.1, 0.15) is 0 Å². The number of amides is 2. The lowest BCUT2D eigenvalue weighted by atomic mass is 10.00. The molecule has 0 radical (unpaired) electrons. The van der Waals surface area contributed by atoms with Crippen LogP contribution in [0.3, 0.4) is 0 Å². The Balaban J connectivity index is 1.99. The highest BCUT2D eigenvalue weighted by atomic mass is 79.9. The zero-order valence-electron chi connectivity index (χ0n) is 10.6. The van der Waals surface area contributed by atoms with Gasteiger partial charge in [0, 0.05) is 4.47 Å². The molecule has 0 bridgehead atoms. The number of halogens is 1. The predicted octanol–water partition coefficient (Wildman–Crippen LogP) is 2.57. The summed E-state index contributed by atoms with van der Waals surface area (Å²) in [6.07, 6.45) is 1.62. The minimum atomic E-state index is -0.148. The molecule has 1 aromatic rings. The Morgan fingerprint density at radius 1 is 1.21 bits per heavy atom. The molecule has 2 amide bonds. The molecule has 1 aromatic carbocycles. The first-order chi connectivity index (χ1) is 8.99. The molecule has 0 spiro atoms. The Kier molecular flexibility index (Phi) is 2.89. The first kappa shape index (κ1) is 12.7. The van der Waals surface area contributed by atoms with E-state index in [1.165, 1.54) is 4.90 Å². The van der Waals surface area contributed by atoms with Crippen LogP contribution in [0.25, 0.3) is 0 Å². The molecule has 1 saturated carbocycles. The molecule has 5 heteroatoms. The number of benzene rings is 1. The molecule has 19 heavy (non-hydrogen) atoms. The molecular weight excluding hydrogens is 308 g/mol. The van der Waals surface area contributed by atoms with Crippen LogP contribution in [0.4, 0.5) is 11.4 Å². The van der Waals surface area contributed by atoms with Gasteiger partial charge in [-0.25, -0.2) is 4.90 Å². The fourth-order valence-electron chi connectivity index (χ4n) is 3.24. The summed E-state index contributed by atoms with van der Waals surface area (Å²) in [7, 11) is 0. The summed E-state index contributed by atoms with van der Waals surface area (Å²) in [4.78, 5) is 26.1. The summed E-state index contributed by atoms with van der Waals surface area (Å²) >= 11 is 3.32. The Morgan fingerprint density at radius 3 is 2.32 bits per heavy atom. The van der Waals surface area contributed by atoms with Crippen molar-refractivity contribution >= 4 is 39.1 Å². The number of nitrogen functional groups attached to an aromatic ring is 1. The lowest BCUT2D eigenvalue weighted by Gasteiger charge is -2.18. The van der Waals surface area contributed by atoms with E-state index in [1.807, 2.05) is 0 Å². The van der Waals surface area contributed by atoms with Gasteiger partial charge in [-0.05, 0) is 37.0 Å². The highest BCUT2D eigenvalue weighted by Gasteiger charge is 2.52. The minimum Gasteiger partial charge on any atom is -0.397 e. The number of hydrogen-bond donors (Lipinski definition) is 1. The lowest BCUT2D eigenvalue weighted by molar-refractivity contribution is -0.123. The van der Waals surface area contributed by atoms with Crippen LogP contribution in [0.15, 0.2) is 22.7 Å². The first-order valence-electron chi connectivity index (χ1n) is 6.42.